The van der Waals surface area contributed by atoms with Crippen LogP contribution in [0.5, 0.6) is 0 Å². The molecular formula is C11H18N4O2. The zero-order valence-electron chi connectivity index (χ0n) is 10.2. The molecule has 0 saturated heterocycles. The minimum Gasteiger partial charge on any atom is -0.468 e. The second-order valence-electron chi connectivity index (χ2n) is 4.25. The number of nitrogens with zero attached hydrogens (tertiary/aromatic N) is 3. The lowest BCUT2D eigenvalue weighted by molar-refractivity contribution is -0.143. The maximum absolute atomic E-state index is 11.6. The predicted octanol–water partition coefficient (Wildman–Crippen LogP) is 0.339. The van der Waals surface area contributed by atoms with Gasteiger partial charge in [-0.15, -0.1) is 10.2 Å². The molecule has 1 unspecified atom stereocenters. The van der Waals surface area contributed by atoms with Crippen LogP contribution in [0, 0.1) is 5.92 Å². The van der Waals surface area contributed by atoms with Crippen molar-refractivity contribution in [2.75, 3.05) is 7.11 Å². The van der Waals surface area contributed by atoms with E-state index in [1.165, 1.54) is 7.11 Å². The largest absolute Gasteiger partial charge is 0.468 e. The van der Waals surface area contributed by atoms with Crippen molar-refractivity contribution in [3.63, 3.8) is 0 Å². The zero-order valence-corrected chi connectivity index (χ0v) is 10.2. The first-order valence-corrected chi connectivity index (χ1v) is 5.94. The van der Waals surface area contributed by atoms with Crippen molar-refractivity contribution < 1.29 is 9.53 Å². The highest BCUT2D eigenvalue weighted by Crippen LogP contribution is 2.33. The smallest absolute Gasteiger partial charge is 0.323 e. The van der Waals surface area contributed by atoms with E-state index in [1.807, 2.05) is 11.5 Å². The number of carbonyl (C=O) groups is 1. The Kier molecular flexibility index (Phi) is 3.73. The summed E-state index contributed by atoms with van der Waals surface area (Å²) in [5.41, 5.74) is 0. The summed E-state index contributed by atoms with van der Waals surface area (Å²) < 4.78 is 6.75. The summed E-state index contributed by atoms with van der Waals surface area (Å²) in [7, 11) is 1.42. The molecule has 1 atom stereocenters. The molecule has 17 heavy (non-hydrogen) atoms. The average molecular weight is 238 g/mol. The van der Waals surface area contributed by atoms with Crippen LogP contribution in [0.1, 0.15) is 25.6 Å². The van der Waals surface area contributed by atoms with Crippen LogP contribution < -0.4 is 5.32 Å². The standard InChI is InChI=1S/C11H18N4O2/c1-3-15-7-13-14-9(15)6-12-10(8-4-5-8)11(16)17-2/h7-8,10,12H,3-6H2,1-2H3. The Morgan fingerprint density at radius 2 is 2.47 bits per heavy atom. The maximum Gasteiger partial charge on any atom is 0.323 e. The SMILES string of the molecule is CCn1cnnc1CNC(C(=O)OC)C1CC1. The molecule has 1 aromatic heterocycles. The van der Waals surface area contributed by atoms with Gasteiger partial charge in [0, 0.05) is 6.54 Å². The van der Waals surface area contributed by atoms with E-state index < -0.39 is 0 Å². The molecule has 6 nitrogen and oxygen atoms in total. The fourth-order valence-electron chi connectivity index (χ4n) is 1.88. The molecule has 1 saturated carbocycles. The number of hydrogen-bond acceptors (Lipinski definition) is 5. The maximum atomic E-state index is 11.6. The molecule has 2 rings (SSSR count). The molecule has 1 N–H and O–H groups in total. The fraction of sp³-hybridized carbons (Fsp3) is 0.727. The summed E-state index contributed by atoms with van der Waals surface area (Å²) in [4.78, 5) is 11.6. The number of aryl methyl sites for hydroxylation is 1. The Bertz CT molecular complexity index is 387. The molecule has 0 amide bonds. The molecule has 1 heterocycles. The average Bonchev–Trinajstić information content (AvgIpc) is 3.07. The molecule has 0 aliphatic heterocycles. The molecule has 1 aromatic rings. The number of aromatic nitrogens is 3. The first-order valence-electron chi connectivity index (χ1n) is 5.94. The van der Waals surface area contributed by atoms with Gasteiger partial charge < -0.3 is 9.30 Å². The molecule has 6 heteroatoms. The second-order valence-corrected chi connectivity index (χ2v) is 4.25. The predicted molar refractivity (Wildman–Crippen MR) is 61.1 cm³/mol. The molecular weight excluding hydrogens is 220 g/mol. The van der Waals surface area contributed by atoms with Gasteiger partial charge in [-0.3, -0.25) is 10.1 Å². The van der Waals surface area contributed by atoms with Crippen LogP contribution in [0.25, 0.3) is 0 Å². The highest BCUT2D eigenvalue weighted by molar-refractivity contribution is 5.76. The minimum absolute atomic E-state index is 0.185. The van der Waals surface area contributed by atoms with Crippen molar-refractivity contribution in [3.05, 3.63) is 12.2 Å². The van der Waals surface area contributed by atoms with Crippen molar-refractivity contribution in [1.29, 1.82) is 0 Å². The van der Waals surface area contributed by atoms with Crippen molar-refractivity contribution in [3.8, 4) is 0 Å². The lowest BCUT2D eigenvalue weighted by Gasteiger charge is -2.15. The van der Waals surface area contributed by atoms with E-state index in [0.717, 1.165) is 25.2 Å². The Hall–Kier alpha value is -1.43. The summed E-state index contributed by atoms with van der Waals surface area (Å²) in [5, 5.41) is 11.1. The van der Waals surface area contributed by atoms with Gasteiger partial charge in [-0.25, -0.2) is 0 Å². The van der Waals surface area contributed by atoms with E-state index in [-0.39, 0.29) is 12.0 Å². The van der Waals surface area contributed by atoms with E-state index in [1.54, 1.807) is 6.33 Å². The molecule has 0 aromatic carbocycles. The van der Waals surface area contributed by atoms with E-state index in [9.17, 15) is 4.79 Å². The first kappa shape index (κ1) is 12.0. The number of carbonyl (C=O) groups excluding carboxylic acids is 1. The van der Waals surface area contributed by atoms with Crippen molar-refractivity contribution in [2.24, 2.45) is 5.92 Å². The number of esters is 1. The van der Waals surface area contributed by atoms with Gasteiger partial charge in [-0.2, -0.15) is 0 Å². The van der Waals surface area contributed by atoms with Gasteiger partial charge in [-0.05, 0) is 25.7 Å². The summed E-state index contributed by atoms with van der Waals surface area (Å²) >= 11 is 0. The summed E-state index contributed by atoms with van der Waals surface area (Å²) in [6.45, 7) is 3.41. The summed E-state index contributed by atoms with van der Waals surface area (Å²) in [5.74, 6) is 1.08. The van der Waals surface area contributed by atoms with Gasteiger partial charge in [0.15, 0.2) is 0 Å². The Morgan fingerprint density at radius 3 is 3.06 bits per heavy atom. The fourth-order valence-corrected chi connectivity index (χ4v) is 1.88. The number of ether oxygens (including phenoxy) is 1. The van der Waals surface area contributed by atoms with Crippen LogP contribution in [0.15, 0.2) is 6.33 Å². The number of rotatable bonds is 6. The summed E-state index contributed by atoms with van der Waals surface area (Å²) in [6, 6.07) is -0.206. The van der Waals surface area contributed by atoms with Gasteiger partial charge in [0.05, 0.1) is 13.7 Å². The lowest BCUT2D eigenvalue weighted by Crippen LogP contribution is -2.39. The Morgan fingerprint density at radius 1 is 1.71 bits per heavy atom. The third-order valence-electron chi connectivity index (χ3n) is 3.07. The van der Waals surface area contributed by atoms with Gasteiger partial charge in [0.2, 0.25) is 0 Å². The van der Waals surface area contributed by atoms with Crippen molar-refractivity contribution in [2.45, 2.75) is 38.9 Å². The van der Waals surface area contributed by atoms with Crippen LogP contribution in [0.2, 0.25) is 0 Å². The number of nitrogens with one attached hydrogen (secondary N) is 1. The minimum atomic E-state index is -0.206. The second kappa shape index (κ2) is 5.27. The zero-order chi connectivity index (χ0) is 12.3. The van der Waals surface area contributed by atoms with Gasteiger partial charge in [0.25, 0.3) is 0 Å². The monoisotopic (exact) mass is 238 g/mol. The Balaban J connectivity index is 1.93. The van der Waals surface area contributed by atoms with Crippen LogP contribution in [-0.4, -0.2) is 33.9 Å². The lowest BCUT2D eigenvalue weighted by atomic mass is 10.2. The van der Waals surface area contributed by atoms with Gasteiger partial charge in [0.1, 0.15) is 18.2 Å². The molecule has 0 bridgehead atoms. The van der Waals surface area contributed by atoms with E-state index in [2.05, 4.69) is 15.5 Å². The third kappa shape index (κ3) is 2.82. The summed E-state index contributed by atoms with van der Waals surface area (Å²) in [6.07, 6.45) is 3.88. The van der Waals surface area contributed by atoms with E-state index in [4.69, 9.17) is 4.74 Å². The van der Waals surface area contributed by atoms with Crippen molar-refractivity contribution in [1.82, 2.24) is 20.1 Å². The molecule has 0 radical (unpaired) electrons. The van der Waals surface area contributed by atoms with E-state index >= 15 is 0 Å². The number of hydrogen-bond donors (Lipinski definition) is 1. The van der Waals surface area contributed by atoms with Crippen molar-refractivity contribution >= 4 is 5.97 Å². The molecule has 94 valence electrons. The topological polar surface area (TPSA) is 69.0 Å². The Labute approximate surface area is 100 Å². The van der Waals surface area contributed by atoms with Crippen LogP contribution in [0.4, 0.5) is 0 Å². The van der Waals surface area contributed by atoms with E-state index in [0.29, 0.717) is 12.5 Å². The molecule has 1 aliphatic rings. The van der Waals surface area contributed by atoms with Crippen LogP contribution >= 0.6 is 0 Å². The molecule has 1 aliphatic carbocycles. The number of methoxy groups -OCH3 is 1. The quantitative estimate of drug-likeness (QED) is 0.724. The van der Waals surface area contributed by atoms with Crippen LogP contribution in [0.3, 0.4) is 0 Å². The molecule has 0 spiro atoms. The first-order chi connectivity index (χ1) is 8.26. The van der Waals surface area contributed by atoms with Gasteiger partial charge >= 0.3 is 5.97 Å². The third-order valence-corrected chi connectivity index (χ3v) is 3.07. The highest BCUT2D eigenvalue weighted by Gasteiger charge is 2.36. The van der Waals surface area contributed by atoms with Gasteiger partial charge in [-0.1, -0.05) is 0 Å². The molecule has 1 fully saturated rings. The normalized spacial score (nSPS) is 16.8. The highest BCUT2D eigenvalue weighted by atomic mass is 16.5. The van der Waals surface area contributed by atoms with Crippen LogP contribution in [-0.2, 0) is 22.6 Å².